The van der Waals surface area contributed by atoms with Gasteiger partial charge in [0, 0.05) is 6.54 Å². The Morgan fingerprint density at radius 3 is 2.14 bits per heavy atom. The molecule has 9 heteroatoms. The average Bonchev–Trinajstić information content (AvgIpc) is 2.63. The number of halogens is 6. The van der Waals surface area contributed by atoms with E-state index in [1.54, 1.807) is 6.92 Å². The molecule has 0 fully saturated rings. The molecule has 2 N–H and O–H groups in total. The van der Waals surface area contributed by atoms with Gasteiger partial charge < -0.3 is 10.4 Å². The highest BCUT2D eigenvalue weighted by atomic mass is 19.4. The second kappa shape index (κ2) is 8.44. The maximum absolute atomic E-state index is 13.3. The molecule has 0 aliphatic heterocycles. The molecule has 1 atom stereocenters. The number of carboxylic acid groups (broad SMARTS) is 1. The number of alkyl halides is 6. The van der Waals surface area contributed by atoms with E-state index in [9.17, 15) is 36.2 Å². The Bertz CT molecular complexity index is 890. The van der Waals surface area contributed by atoms with Gasteiger partial charge in [0.15, 0.2) is 0 Å². The SMILES string of the molecule is CCNCc1cc(C(F)(F)F)ccc1-c1cc(C(C)C(=O)O)cc(C(F)(F)F)c1. The van der Waals surface area contributed by atoms with Crippen molar-refractivity contribution >= 4 is 5.97 Å². The summed E-state index contributed by atoms with van der Waals surface area (Å²) in [6.07, 6.45) is -9.34. The van der Waals surface area contributed by atoms with Crippen molar-refractivity contribution in [2.45, 2.75) is 38.7 Å². The molecule has 0 aliphatic rings. The quantitative estimate of drug-likeness (QED) is 0.592. The van der Waals surface area contributed by atoms with Gasteiger partial charge in [0.1, 0.15) is 0 Å². The van der Waals surface area contributed by atoms with E-state index in [0.717, 1.165) is 30.3 Å². The van der Waals surface area contributed by atoms with Gasteiger partial charge in [-0.1, -0.05) is 19.1 Å². The molecular weight excluding hydrogens is 400 g/mol. The van der Waals surface area contributed by atoms with Crippen LogP contribution in [0, 0.1) is 0 Å². The van der Waals surface area contributed by atoms with Crippen LogP contribution >= 0.6 is 0 Å². The second-order valence-corrected chi connectivity index (χ2v) is 6.55. The Labute approximate surface area is 163 Å². The number of hydrogen-bond donors (Lipinski definition) is 2. The number of rotatable bonds is 6. The molecule has 0 heterocycles. The van der Waals surface area contributed by atoms with Gasteiger partial charge in [-0.15, -0.1) is 0 Å². The van der Waals surface area contributed by atoms with Crippen molar-refractivity contribution in [2.24, 2.45) is 0 Å². The molecule has 0 aromatic heterocycles. The normalized spacial score (nSPS) is 13.4. The lowest BCUT2D eigenvalue weighted by Crippen LogP contribution is -2.15. The van der Waals surface area contributed by atoms with Crippen molar-refractivity contribution in [2.75, 3.05) is 6.54 Å². The van der Waals surface area contributed by atoms with E-state index in [-0.39, 0.29) is 28.8 Å². The Morgan fingerprint density at radius 2 is 1.62 bits per heavy atom. The van der Waals surface area contributed by atoms with E-state index in [1.807, 2.05) is 0 Å². The fourth-order valence-electron chi connectivity index (χ4n) is 2.82. The second-order valence-electron chi connectivity index (χ2n) is 6.55. The monoisotopic (exact) mass is 419 g/mol. The minimum Gasteiger partial charge on any atom is -0.481 e. The maximum Gasteiger partial charge on any atom is 0.416 e. The minimum atomic E-state index is -4.74. The fraction of sp³-hybridized carbons (Fsp3) is 0.350. The van der Waals surface area contributed by atoms with E-state index in [4.69, 9.17) is 0 Å². The van der Waals surface area contributed by atoms with Gasteiger partial charge in [-0.2, -0.15) is 26.3 Å². The molecule has 0 aliphatic carbocycles. The van der Waals surface area contributed by atoms with Gasteiger partial charge in [0.05, 0.1) is 17.0 Å². The Morgan fingerprint density at radius 1 is 1.00 bits per heavy atom. The van der Waals surface area contributed by atoms with E-state index in [2.05, 4.69) is 5.32 Å². The zero-order chi connectivity index (χ0) is 22.0. The van der Waals surface area contributed by atoms with Gasteiger partial charge in [0.25, 0.3) is 0 Å². The van der Waals surface area contributed by atoms with Crippen molar-refractivity contribution in [3.8, 4) is 11.1 Å². The van der Waals surface area contributed by atoms with E-state index >= 15 is 0 Å². The van der Waals surface area contributed by atoms with Crippen molar-refractivity contribution < 1.29 is 36.2 Å². The molecule has 0 bridgehead atoms. The fourth-order valence-corrected chi connectivity index (χ4v) is 2.82. The van der Waals surface area contributed by atoms with Gasteiger partial charge in [-0.3, -0.25) is 4.79 Å². The van der Waals surface area contributed by atoms with Crippen LogP contribution in [0.15, 0.2) is 36.4 Å². The summed E-state index contributed by atoms with van der Waals surface area (Å²) < 4.78 is 79.2. The van der Waals surface area contributed by atoms with E-state index < -0.39 is 35.4 Å². The molecule has 2 aromatic carbocycles. The molecule has 158 valence electrons. The van der Waals surface area contributed by atoms with Crippen LogP contribution in [0.25, 0.3) is 11.1 Å². The summed E-state index contributed by atoms with van der Waals surface area (Å²) in [5, 5.41) is 12.0. The molecule has 0 spiro atoms. The highest BCUT2D eigenvalue weighted by Crippen LogP contribution is 2.38. The number of carboxylic acids is 1. The Kier molecular flexibility index (Phi) is 6.62. The maximum atomic E-state index is 13.3. The van der Waals surface area contributed by atoms with Crippen molar-refractivity contribution in [1.29, 1.82) is 0 Å². The van der Waals surface area contributed by atoms with Gasteiger partial charge in [-0.25, -0.2) is 0 Å². The van der Waals surface area contributed by atoms with Gasteiger partial charge in [0.2, 0.25) is 0 Å². The number of aliphatic carboxylic acids is 1. The number of hydrogen-bond acceptors (Lipinski definition) is 2. The summed E-state index contributed by atoms with van der Waals surface area (Å²) in [4.78, 5) is 11.3. The van der Waals surface area contributed by atoms with E-state index in [0.29, 0.717) is 6.54 Å². The summed E-state index contributed by atoms with van der Waals surface area (Å²) in [5.74, 6) is -2.53. The topological polar surface area (TPSA) is 49.3 Å². The highest BCUT2D eigenvalue weighted by molar-refractivity contribution is 5.78. The summed E-state index contributed by atoms with van der Waals surface area (Å²) in [6.45, 7) is 3.44. The van der Waals surface area contributed by atoms with Gasteiger partial charge in [-0.05, 0) is 60.0 Å². The molecule has 0 saturated carbocycles. The smallest absolute Gasteiger partial charge is 0.416 e. The van der Waals surface area contributed by atoms with Gasteiger partial charge >= 0.3 is 18.3 Å². The predicted molar refractivity (Wildman–Crippen MR) is 95.3 cm³/mol. The first-order chi connectivity index (χ1) is 13.3. The van der Waals surface area contributed by atoms with Crippen LogP contribution in [-0.2, 0) is 23.7 Å². The largest absolute Gasteiger partial charge is 0.481 e. The number of carbonyl (C=O) groups is 1. The van der Waals surface area contributed by atoms with Crippen molar-refractivity contribution in [3.63, 3.8) is 0 Å². The lowest BCUT2D eigenvalue weighted by molar-refractivity contribution is -0.139. The van der Waals surface area contributed by atoms with Crippen molar-refractivity contribution in [1.82, 2.24) is 5.32 Å². The molecule has 29 heavy (non-hydrogen) atoms. The summed E-state index contributed by atoms with van der Waals surface area (Å²) >= 11 is 0. The van der Waals surface area contributed by atoms with Crippen LogP contribution in [-0.4, -0.2) is 17.6 Å². The first-order valence-electron chi connectivity index (χ1n) is 8.70. The third kappa shape index (κ3) is 5.50. The standard InChI is InChI=1S/C20H19F6NO2/c1-3-27-10-14-9-15(19(21,22)23)4-5-17(14)13-6-12(11(2)18(28)29)7-16(8-13)20(24,25)26/h4-9,11,27H,3,10H2,1-2H3,(H,28,29). The van der Waals surface area contributed by atoms with Crippen molar-refractivity contribution in [3.05, 3.63) is 58.7 Å². The third-order valence-electron chi connectivity index (χ3n) is 4.46. The zero-order valence-corrected chi connectivity index (χ0v) is 15.6. The van der Waals surface area contributed by atoms with Crippen LogP contribution < -0.4 is 5.32 Å². The minimum absolute atomic E-state index is 0.00422. The molecule has 2 aromatic rings. The molecule has 0 saturated heterocycles. The highest BCUT2D eigenvalue weighted by Gasteiger charge is 2.33. The molecule has 1 unspecified atom stereocenters. The summed E-state index contributed by atoms with van der Waals surface area (Å²) in [7, 11) is 0. The first kappa shape index (κ1) is 22.7. The molecule has 0 radical (unpaired) electrons. The first-order valence-corrected chi connectivity index (χ1v) is 8.70. The zero-order valence-electron chi connectivity index (χ0n) is 15.6. The van der Waals surface area contributed by atoms with Crippen LogP contribution in [0.3, 0.4) is 0 Å². The molecule has 2 rings (SSSR count). The third-order valence-corrected chi connectivity index (χ3v) is 4.46. The summed E-state index contributed by atoms with van der Waals surface area (Å²) in [6, 6.07) is 5.63. The molecule has 0 amide bonds. The predicted octanol–water partition coefficient (Wildman–Crippen LogP) is 5.69. The number of benzene rings is 2. The molecular formula is C20H19F6NO2. The Balaban J connectivity index is 2.71. The van der Waals surface area contributed by atoms with Crippen LogP contribution in [0.2, 0.25) is 0 Å². The van der Waals surface area contributed by atoms with Crippen LogP contribution in [0.5, 0.6) is 0 Å². The van der Waals surface area contributed by atoms with Crippen LogP contribution in [0.4, 0.5) is 26.3 Å². The lowest BCUT2D eigenvalue weighted by atomic mass is 9.91. The average molecular weight is 419 g/mol. The number of nitrogens with one attached hydrogen (secondary N) is 1. The Hall–Kier alpha value is -2.55. The lowest BCUT2D eigenvalue weighted by Gasteiger charge is -2.18. The van der Waals surface area contributed by atoms with E-state index in [1.165, 1.54) is 13.0 Å². The summed E-state index contributed by atoms with van der Waals surface area (Å²) in [5.41, 5.74) is -1.73. The molecule has 3 nitrogen and oxygen atoms in total. The van der Waals surface area contributed by atoms with Crippen LogP contribution in [0.1, 0.15) is 42.0 Å².